The summed E-state index contributed by atoms with van der Waals surface area (Å²) < 4.78 is 6.05. The Balaban J connectivity index is 1.08. The van der Waals surface area contributed by atoms with E-state index in [1.165, 1.54) is 19.3 Å². The zero-order valence-electron chi connectivity index (χ0n) is 21.4. The molecule has 1 heterocycles. The molecule has 8 rings (SSSR count). The smallest absolute Gasteiger partial charge is 0.263 e. The van der Waals surface area contributed by atoms with Crippen LogP contribution in [-0.2, 0) is 0 Å². The van der Waals surface area contributed by atoms with Crippen molar-refractivity contribution >= 4 is 28.3 Å². The first-order valence-electron chi connectivity index (χ1n) is 13.5. The maximum Gasteiger partial charge on any atom is 0.263 e. The van der Waals surface area contributed by atoms with Gasteiger partial charge in [-0.25, -0.2) is 4.98 Å². The second kappa shape index (κ2) is 8.79. The van der Waals surface area contributed by atoms with E-state index in [0.717, 1.165) is 58.4 Å². The summed E-state index contributed by atoms with van der Waals surface area (Å²) in [6.45, 7) is 0. The van der Waals surface area contributed by atoms with Gasteiger partial charge in [0.2, 0.25) is 0 Å². The van der Waals surface area contributed by atoms with Crippen molar-refractivity contribution in [3.63, 3.8) is 0 Å². The molecule has 7 nitrogen and oxygen atoms in total. The van der Waals surface area contributed by atoms with Crippen molar-refractivity contribution in [2.24, 2.45) is 17.8 Å². The highest BCUT2D eigenvalue weighted by Gasteiger charge is 2.51. The van der Waals surface area contributed by atoms with Crippen LogP contribution >= 0.6 is 0 Å². The SMILES string of the molecule is COc1ccc([N+](=O)c2ccc(-c3nc4ccc(C(=O)NC56CC7CC(CC(C7)C5)C6)cc4[nH]3)cc2)cc1. The van der Waals surface area contributed by atoms with Crippen LogP contribution in [0.1, 0.15) is 48.9 Å². The summed E-state index contributed by atoms with van der Waals surface area (Å²) in [5, 5.41) is 3.47. The summed E-state index contributed by atoms with van der Waals surface area (Å²) in [6.07, 6.45) is 7.47. The van der Waals surface area contributed by atoms with E-state index >= 15 is 0 Å². The Morgan fingerprint density at radius 1 is 0.921 bits per heavy atom. The lowest BCUT2D eigenvalue weighted by Gasteiger charge is -2.56. The van der Waals surface area contributed by atoms with Crippen molar-refractivity contribution < 1.29 is 9.53 Å². The van der Waals surface area contributed by atoms with Gasteiger partial charge in [-0.05, 0) is 98.7 Å². The third-order valence-electron chi connectivity index (χ3n) is 8.84. The van der Waals surface area contributed by atoms with E-state index in [-0.39, 0.29) is 11.4 Å². The van der Waals surface area contributed by atoms with Gasteiger partial charge in [0.05, 0.1) is 22.9 Å². The fraction of sp³-hybridized carbons (Fsp3) is 0.355. The number of H-pyrrole nitrogens is 1. The first kappa shape index (κ1) is 23.1. The van der Waals surface area contributed by atoms with Gasteiger partial charge in [0.15, 0.2) is 0 Å². The van der Waals surface area contributed by atoms with Gasteiger partial charge >= 0.3 is 0 Å². The fourth-order valence-corrected chi connectivity index (χ4v) is 7.49. The second-order valence-corrected chi connectivity index (χ2v) is 11.5. The topological polar surface area (TPSA) is 87.1 Å². The molecule has 0 unspecified atom stereocenters. The molecule has 4 aromatic rings. The van der Waals surface area contributed by atoms with Crippen molar-refractivity contribution in [3.05, 3.63) is 77.2 Å². The number of benzene rings is 3. The molecule has 4 aliphatic carbocycles. The summed E-state index contributed by atoms with van der Waals surface area (Å²) in [7, 11) is 1.60. The number of ether oxygens (including phenoxy) is 1. The Bertz CT molecular complexity index is 1500. The average Bonchev–Trinajstić information content (AvgIpc) is 3.35. The molecular formula is C31H31N4O3+. The van der Waals surface area contributed by atoms with Gasteiger partial charge in [-0.2, -0.15) is 0 Å². The van der Waals surface area contributed by atoms with Crippen LogP contribution in [0.25, 0.3) is 22.4 Å². The maximum absolute atomic E-state index is 13.3. The number of nitrogens with zero attached hydrogens (tertiary/aromatic N) is 2. The lowest BCUT2D eigenvalue weighted by Crippen LogP contribution is -2.59. The minimum absolute atomic E-state index is 0.0110. The van der Waals surface area contributed by atoms with Gasteiger partial charge in [-0.3, -0.25) is 4.79 Å². The zero-order valence-corrected chi connectivity index (χ0v) is 21.4. The van der Waals surface area contributed by atoms with E-state index in [1.54, 1.807) is 43.5 Å². The summed E-state index contributed by atoms with van der Waals surface area (Å²) in [6, 6.07) is 20.0. The lowest BCUT2D eigenvalue weighted by atomic mass is 9.53. The normalized spacial score (nSPS) is 25.4. The Hall–Kier alpha value is -4.00. The largest absolute Gasteiger partial charge is 0.497 e. The number of imidazole rings is 1. The first-order valence-corrected chi connectivity index (χ1v) is 13.5. The minimum Gasteiger partial charge on any atom is -0.497 e. The number of carbonyl (C=O) groups excluding carboxylic acids is 1. The molecule has 4 aliphatic rings. The number of fused-ring (bicyclic) bond motifs is 1. The molecular weight excluding hydrogens is 476 g/mol. The predicted octanol–water partition coefficient (Wildman–Crippen LogP) is 6.54. The molecule has 2 N–H and O–H groups in total. The van der Waals surface area contributed by atoms with Gasteiger partial charge < -0.3 is 15.0 Å². The van der Waals surface area contributed by atoms with E-state index in [9.17, 15) is 9.70 Å². The summed E-state index contributed by atoms with van der Waals surface area (Å²) in [5.41, 5.74) is 4.21. The van der Waals surface area contributed by atoms with Gasteiger partial charge in [0.1, 0.15) is 11.6 Å². The standard InChI is InChI=1S/C31H30N4O3/c1-38-26-9-7-25(8-10-26)35(37)24-5-2-22(3-6-24)29-32-27-11-4-23(15-28(27)33-29)30(36)34-31-16-19-12-20(17-31)14-21(13-19)18-31/h2-11,15,19-21H,12-14,16-18H2,1H3,(H-,32,33,34,36,37)/p+1. The van der Waals surface area contributed by atoms with Crippen molar-refractivity contribution in [2.75, 3.05) is 7.11 Å². The van der Waals surface area contributed by atoms with Crippen LogP contribution in [0.15, 0.2) is 66.7 Å². The Morgan fingerprint density at radius 3 is 2.13 bits per heavy atom. The van der Waals surface area contributed by atoms with Gasteiger partial charge in [-0.1, -0.05) is 0 Å². The predicted molar refractivity (Wildman–Crippen MR) is 148 cm³/mol. The van der Waals surface area contributed by atoms with Crippen LogP contribution in [0.5, 0.6) is 5.75 Å². The zero-order chi connectivity index (χ0) is 25.9. The van der Waals surface area contributed by atoms with E-state index < -0.39 is 0 Å². The molecule has 4 saturated carbocycles. The molecule has 1 aromatic heterocycles. The molecule has 3 aromatic carbocycles. The quantitative estimate of drug-likeness (QED) is 0.290. The van der Waals surface area contributed by atoms with Crippen molar-refractivity contribution in [2.45, 2.75) is 44.1 Å². The summed E-state index contributed by atoms with van der Waals surface area (Å²) >= 11 is 0. The van der Waals surface area contributed by atoms with Crippen LogP contribution < -0.4 is 14.8 Å². The minimum atomic E-state index is -0.0110. The highest BCUT2D eigenvalue weighted by atomic mass is 16.5. The Morgan fingerprint density at radius 2 is 1.53 bits per heavy atom. The van der Waals surface area contributed by atoms with E-state index in [1.807, 2.05) is 30.3 Å². The van der Waals surface area contributed by atoms with Crippen LogP contribution in [-0.4, -0.2) is 28.5 Å². The highest BCUT2D eigenvalue weighted by molar-refractivity contribution is 5.98. The van der Waals surface area contributed by atoms with Crippen molar-refractivity contribution in [1.29, 1.82) is 0 Å². The number of amides is 1. The Labute approximate surface area is 221 Å². The number of carbonyl (C=O) groups is 1. The number of hydrogen-bond donors (Lipinski definition) is 2. The number of nitrogens with one attached hydrogen (secondary N) is 2. The molecule has 0 aliphatic heterocycles. The van der Waals surface area contributed by atoms with Crippen molar-refractivity contribution in [1.82, 2.24) is 20.0 Å². The molecule has 4 bridgehead atoms. The summed E-state index contributed by atoms with van der Waals surface area (Å²) in [4.78, 5) is 34.2. The van der Waals surface area contributed by atoms with Gasteiger partial charge in [0.25, 0.3) is 17.3 Å². The number of methoxy groups -OCH3 is 1. The number of nitroso groups, excluding NO2 is 1. The fourth-order valence-electron chi connectivity index (χ4n) is 7.49. The van der Waals surface area contributed by atoms with E-state index in [4.69, 9.17) is 9.72 Å². The van der Waals surface area contributed by atoms with Crippen LogP contribution in [0.4, 0.5) is 11.4 Å². The highest BCUT2D eigenvalue weighted by Crippen LogP contribution is 2.55. The third-order valence-corrected chi connectivity index (χ3v) is 8.84. The lowest BCUT2D eigenvalue weighted by molar-refractivity contribution is -0.0167. The second-order valence-electron chi connectivity index (χ2n) is 11.5. The molecule has 7 heteroatoms. The number of rotatable bonds is 6. The maximum atomic E-state index is 13.3. The van der Waals surface area contributed by atoms with Crippen LogP contribution in [0.3, 0.4) is 0 Å². The molecule has 192 valence electrons. The van der Waals surface area contributed by atoms with Crippen LogP contribution in [0.2, 0.25) is 0 Å². The number of aromatic amines is 1. The number of aromatic nitrogens is 2. The molecule has 0 spiro atoms. The molecule has 0 radical (unpaired) electrons. The van der Waals surface area contributed by atoms with Gasteiger partial charge in [0, 0.05) is 45.8 Å². The van der Waals surface area contributed by atoms with Crippen LogP contribution in [0, 0.1) is 22.7 Å². The summed E-state index contributed by atoms with van der Waals surface area (Å²) in [5.74, 6) is 3.78. The molecule has 0 atom stereocenters. The molecule has 4 fully saturated rings. The monoisotopic (exact) mass is 507 g/mol. The molecule has 0 saturated heterocycles. The van der Waals surface area contributed by atoms with Crippen molar-refractivity contribution in [3.8, 4) is 17.1 Å². The van der Waals surface area contributed by atoms with Gasteiger partial charge in [-0.15, -0.1) is 0 Å². The van der Waals surface area contributed by atoms with E-state index in [2.05, 4.69) is 10.3 Å². The number of hydrogen-bond acceptors (Lipinski definition) is 4. The third kappa shape index (κ3) is 4.06. The molecule has 38 heavy (non-hydrogen) atoms. The molecule has 1 amide bonds. The first-order chi connectivity index (χ1) is 18.5. The Kier molecular flexibility index (Phi) is 5.35. The average molecular weight is 508 g/mol. The van der Waals surface area contributed by atoms with E-state index in [0.29, 0.717) is 28.5 Å².